The first-order valence-corrected chi connectivity index (χ1v) is 9.05. The van der Waals surface area contributed by atoms with Gasteiger partial charge in [-0.05, 0) is 37.7 Å². The second-order valence-corrected chi connectivity index (χ2v) is 7.54. The number of nitrogen functional groups attached to an aromatic ring is 1. The Labute approximate surface area is 139 Å². The summed E-state index contributed by atoms with van der Waals surface area (Å²) in [5.41, 5.74) is 9.26. The summed E-state index contributed by atoms with van der Waals surface area (Å²) in [6.45, 7) is 1.68. The normalized spacial score (nSPS) is 23.4. The van der Waals surface area contributed by atoms with Crippen LogP contribution in [0.5, 0.6) is 0 Å². The van der Waals surface area contributed by atoms with Crippen LogP contribution in [0.15, 0.2) is 11.6 Å². The number of fused-ring (bicyclic) bond motifs is 2. The predicted octanol–water partition coefficient (Wildman–Crippen LogP) is 1.89. The van der Waals surface area contributed by atoms with Crippen LogP contribution in [0.1, 0.15) is 42.6 Å². The van der Waals surface area contributed by atoms with Gasteiger partial charge < -0.3 is 10.6 Å². The number of aromatic amines is 1. The van der Waals surface area contributed by atoms with Gasteiger partial charge in [-0.3, -0.25) is 9.89 Å². The monoisotopic (exact) mass is 331 g/mol. The Balaban J connectivity index is 1.42. The molecule has 0 aromatic carbocycles. The summed E-state index contributed by atoms with van der Waals surface area (Å²) in [6.07, 6.45) is 7.54. The fraction of sp³-hybridized carbons (Fsp3) is 0.562. The Morgan fingerprint density at radius 2 is 2.39 bits per heavy atom. The molecule has 6 nitrogen and oxygen atoms in total. The lowest BCUT2D eigenvalue weighted by atomic mass is 9.77. The summed E-state index contributed by atoms with van der Waals surface area (Å²) >= 11 is 1.43. The van der Waals surface area contributed by atoms with Gasteiger partial charge in [-0.1, -0.05) is 0 Å². The molecular weight excluding hydrogens is 310 g/mol. The van der Waals surface area contributed by atoms with Gasteiger partial charge in [-0.15, -0.1) is 11.3 Å². The highest BCUT2D eigenvalue weighted by molar-refractivity contribution is 7.13. The largest absolute Gasteiger partial charge is 0.375 e. The molecule has 4 rings (SSSR count). The summed E-state index contributed by atoms with van der Waals surface area (Å²) < 4.78 is 0. The first-order valence-electron chi connectivity index (χ1n) is 8.17. The third kappa shape index (κ3) is 2.63. The molecule has 1 aliphatic heterocycles. The molecule has 1 aliphatic carbocycles. The summed E-state index contributed by atoms with van der Waals surface area (Å²) in [4.78, 5) is 18.9. The van der Waals surface area contributed by atoms with Gasteiger partial charge in [-0.25, -0.2) is 4.98 Å². The maximum atomic E-state index is 12.6. The van der Waals surface area contributed by atoms with Crippen molar-refractivity contribution in [2.24, 2.45) is 0 Å². The molecule has 3 heterocycles. The van der Waals surface area contributed by atoms with Crippen LogP contribution < -0.4 is 5.73 Å². The van der Waals surface area contributed by atoms with Gasteiger partial charge in [0.15, 0.2) is 5.13 Å². The molecule has 1 saturated heterocycles. The molecule has 23 heavy (non-hydrogen) atoms. The molecule has 1 amide bonds. The van der Waals surface area contributed by atoms with E-state index in [4.69, 9.17) is 5.73 Å². The van der Waals surface area contributed by atoms with Crippen LogP contribution >= 0.6 is 11.3 Å². The first kappa shape index (κ1) is 14.7. The number of piperidine rings is 1. The number of carbonyl (C=O) groups excluding carboxylic acids is 1. The number of anilines is 1. The van der Waals surface area contributed by atoms with Gasteiger partial charge in [0.05, 0.1) is 11.9 Å². The van der Waals surface area contributed by atoms with Crippen molar-refractivity contribution in [3.05, 3.63) is 28.5 Å². The molecule has 1 unspecified atom stereocenters. The third-order valence-corrected chi connectivity index (χ3v) is 5.94. The van der Waals surface area contributed by atoms with Crippen LogP contribution in [0.3, 0.4) is 0 Å². The quantitative estimate of drug-likeness (QED) is 0.899. The van der Waals surface area contributed by atoms with Crippen LogP contribution in [0.25, 0.3) is 0 Å². The fourth-order valence-electron chi connectivity index (χ4n) is 4.04. The van der Waals surface area contributed by atoms with Gasteiger partial charge in [0.1, 0.15) is 0 Å². The number of aryl methyl sites for hydroxylation is 2. The summed E-state index contributed by atoms with van der Waals surface area (Å²) in [7, 11) is 0. The number of H-pyrrole nitrogens is 1. The van der Waals surface area contributed by atoms with Crippen molar-refractivity contribution in [2.75, 3.05) is 18.8 Å². The lowest BCUT2D eigenvalue weighted by molar-refractivity contribution is -0.133. The number of carbonyl (C=O) groups is 1. The summed E-state index contributed by atoms with van der Waals surface area (Å²) in [6, 6.07) is 0. The number of rotatable bonds is 3. The zero-order valence-electron chi connectivity index (χ0n) is 13.0. The number of amides is 1. The van der Waals surface area contributed by atoms with E-state index >= 15 is 0 Å². The number of aromatic nitrogens is 3. The number of hydrogen-bond acceptors (Lipinski definition) is 5. The smallest absolute Gasteiger partial charge is 0.222 e. The molecule has 2 aromatic heterocycles. The van der Waals surface area contributed by atoms with Crippen molar-refractivity contribution in [1.82, 2.24) is 20.1 Å². The first-order chi connectivity index (χ1) is 11.2. The van der Waals surface area contributed by atoms with Gasteiger partial charge >= 0.3 is 0 Å². The molecule has 1 spiro atoms. The molecule has 0 bridgehead atoms. The Bertz CT molecular complexity index is 724. The highest BCUT2D eigenvalue weighted by Crippen LogP contribution is 2.43. The van der Waals surface area contributed by atoms with E-state index in [-0.39, 0.29) is 11.3 Å². The van der Waals surface area contributed by atoms with Gasteiger partial charge in [0.25, 0.3) is 0 Å². The van der Waals surface area contributed by atoms with Crippen molar-refractivity contribution in [3.8, 4) is 0 Å². The average Bonchev–Trinajstić information content (AvgIpc) is 3.25. The van der Waals surface area contributed by atoms with Gasteiger partial charge in [-0.2, -0.15) is 5.10 Å². The summed E-state index contributed by atoms with van der Waals surface area (Å²) in [5, 5.41) is 9.89. The number of nitrogens with one attached hydrogen (secondary N) is 1. The number of thiazole rings is 1. The molecule has 1 atom stereocenters. The highest BCUT2D eigenvalue weighted by atomic mass is 32.1. The molecule has 0 saturated carbocycles. The van der Waals surface area contributed by atoms with E-state index in [9.17, 15) is 4.79 Å². The van der Waals surface area contributed by atoms with E-state index in [2.05, 4.69) is 15.2 Å². The van der Waals surface area contributed by atoms with Crippen molar-refractivity contribution < 1.29 is 4.79 Å². The maximum absolute atomic E-state index is 12.6. The highest BCUT2D eigenvalue weighted by Gasteiger charge is 2.44. The van der Waals surface area contributed by atoms with Crippen LogP contribution in [0.4, 0.5) is 5.13 Å². The molecule has 0 radical (unpaired) electrons. The van der Waals surface area contributed by atoms with Crippen LogP contribution in [0, 0.1) is 0 Å². The van der Waals surface area contributed by atoms with Gasteiger partial charge in [0, 0.05) is 36.0 Å². The maximum Gasteiger partial charge on any atom is 0.222 e. The Kier molecular flexibility index (Phi) is 3.60. The zero-order chi connectivity index (χ0) is 15.9. The van der Waals surface area contributed by atoms with Crippen LogP contribution in [-0.4, -0.2) is 39.1 Å². The number of hydrogen-bond donors (Lipinski definition) is 2. The van der Waals surface area contributed by atoms with E-state index in [0.29, 0.717) is 18.0 Å². The molecule has 7 heteroatoms. The minimum Gasteiger partial charge on any atom is -0.375 e. The standard InChI is InChI=1S/C16H21N5OS/c17-15-19-12(9-23-15)2-3-13(22)21-7-1-5-16(10-21)6-4-11-8-18-20-14(11)16/h8-9H,1-7,10H2,(H2,17,19)(H,18,20). The number of nitrogens with two attached hydrogens (primary N) is 1. The topological polar surface area (TPSA) is 87.9 Å². The van der Waals surface area contributed by atoms with Crippen molar-refractivity contribution in [3.63, 3.8) is 0 Å². The zero-order valence-corrected chi connectivity index (χ0v) is 13.9. The van der Waals surface area contributed by atoms with Crippen LogP contribution in [0.2, 0.25) is 0 Å². The van der Waals surface area contributed by atoms with E-state index in [1.54, 1.807) is 0 Å². The lowest BCUT2D eigenvalue weighted by Gasteiger charge is -2.40. The summed E-state index contributed by atoms with van der Waals surface area (Å²) in [5.74, 6) is 0.226. The predicted molar refractivity (Wildman–Crippen MR) is 89.2 cm³/mol. The van der Waals surface area contributed by atoms with E-state index < -0.39 is 0 Å². The molecule has 3 N–H and O–H groups in total. The van der Waals surface area contributed by atoms with E-state index in [0.717, 1.165) is 44.5 Å². The van der Waals surface area contributed by atoms with Crippen molar-refractivity contribution in [2.45, 2.75) is 43.9 Å². The van der Waals surface area contributed by atoms with E-state index in [1.807, 2.05) is 16.5 Å². The van der Waals surface area contributed by atoms with Crippen LogP contribution in [-0.2, 0) is 23.1 Å². The number of nitrogens with zero attached hydrogens (tertiary/aromatic N) is 3. The third-order valence-electron chi connectivity index (χ3n) is 5.22. The fourth-order valence-corrected chi connectivity index (χ4v) is 4.64. The van der Waals surface area contributed by atoms with Crippen molar-refractivity contribution in [1.29, 1.82) is 0 Å². The minimum absolute atomic E-state index is 0.102. The van der Waals surface area contributed by atoms with E-state index in [1.165, 1.54) is 22.6 Å². The Hall–Kier alpha value is -1.89. The average molecular weight is 331 g/mol. The second-order valence-electron chi connectivity index (χ2n) is 6.65. The Morgan fingerprint density at radius 3 is 3.22 bits per heavy atom. The lowest BCUT2D eigenvalue weighted by Crippen LogP contribution is -2.47. The number of likely N-dealkylation sites (tertiary alicyclic amines) is 1. The van der Waals surface area contributed by atoms with Crippen molar-refractivity contribution >= 4 is 22.4 Å². The molecular formula is C16H21N5OS. The van der Waals surface area contributed by atoms with Gasteiger partial charge in [0.2, 0.25) is 5.91 Å². The molecule has 2 aliphatic rings. The molecule has 122 valence electrons. The molecule has 1 fully saturated rings. The minimum atomic E-state index is 0.102. The second kappa shape index (κ2) is 5.63. The molecule has 2 aromatic rings. The Morgan fingerprint density at radius 1 is 1.48 bits per heavy atom. The SMILES string of the molecule is Nc1nc(CCC(=O)N2CCCC3(CCc4cn[nH]c43)C2)cs1.